The summed E-state index contributed by atoms with van der Waals surface area (Å²) >= 11 is 0. The maximum absolute atomic E-state index is 13.5. The van der Waals surface area contributed by atoms with E-state index >= 15 is 0 Å². The molecule has 2 aromatic rings. The smallest absolute Gasteiger partial charge is 0.170 e. The van der Waals surface area contributed by atoms with E-state index in [9.17, 15) is 22.4 Å². The number of carbonyl (C=O) groups is 1. The van der Waals surface area contributed by atoms with E-state index in [0.29, 0.717) is 6.07 Å². The molecule has 0 spiro atoms. The molecule has 0 aromatic heterocycles. The molecule has 5 heteroatoms. The molecule has 0 N–H and O–H groups in total. The zero-order valence-corrected chi connectivity index (χ0v) is 10.5. The molecule has 0 saturated heterocycles. The van der Waals surface area contributed by atoms with Crippen LogP contribution in [0.5, 0.6) is 0 Å². The van der Waals surface area contributed by atoms with Crippen molar-refractivity contribution >= 4 is 5.78 Å². The minimum absolute atomic E-state index is 0.106. The lowest BCUT2D eigenvalue weighted by Crippen LogP contribution is -2.09. The van der Waals surface area contributed by atoms with Crippen molar-refractivity contribution in [1.29, 1.82) is 0 Å². The number of aryl methyl sites for hydroxylation is 1. The molecule has 0 aliphatic heterocycles. The third kappa shape index (κ3) is 2.71. The Hall–Kier alpha value is -2.17. The highest BCUT2D eigenvalue weighted by Gasteiger charge is 2.17. The summed E-state index contributed by atoms with van der Waals surface area (Å²) in [6, 6.07) is 5.08. The van der Waals surface area contributed by atoms with E-state index in [4.69, 9.17) is 0 Å². The average molecular weight is 282 g/mol. The van der Waals surface area contributed by atoms with Crippen molar-refractivity contribution in [2.45, 2.75) is 13.3 Å². The molecule has 0 fully saturated rings. The van der Waals surface area contributed by atoms with Crippen molar-refractivity contribution in [2.24, 2.45) is 0 Å². The lowest BCUT2D eigenvalue weighted by Gasteiger charge is -2.06. The van der Waals surface area contributed by atoms with Crippen LogP contribution in [0.25, 0.3) is 0 Å². The van der Waals surface area contributed by atoms with Crippen LogP contribution in [0.3, 0.4) is 0 Å². The molecule has 0 unspecified atom stereocenters. The van der Waals surface area contributed by atoms with Gasteiger partial charge >= 0.3 is 0 Å². The van der Waals surface area contributed by atoms with Gasteiger partial charge in [0.1, 0.15) is 11.6 Å². The molecule has 20 heavy (non-hydrogen) atoms. The van der Waals surface area contributed by atoms with Gasteiger partial charge < -0.3 is 0 Å². The highest BCUT2D eigenvalue weighted by molar-refractivity contribution is 5.98. The topological polar surface area (TPSA) is 17.1 Å². The lowest BCUT2D eigenvalue weighted by atomic mass is 10.0. The molecule has 0 heterocycles. The van der Waals surface area contributed by atoms with Crippen molar-refractivity contribution < 1.29 is 22.4 Å². The highest BCUT2D eigenvalue weighted by Crippen LogP contribution is 2.18. The van der Waals surface area contributed by atoms with Gasteiger partial charge in [-0.25, -0.2) is 17.6 Å². The first-order chi connectivity index (χ1) is 9.40. The van der Waals surface area contributed by atoms with Crippen LogP contribution < -0.4 is 0 Å². The van der Waals surface area contributed by atoms with Gasteiger partial charge in [-0.05, 0) is 30.2 Å². The summed E-state index contributed by atoms with van der Waals surface area (Å²) in [4.78, 5) is 11.9. The second-order valence-corrected chi connectivity index (χ2v) is 4.39. The van der Waals surface area contributed by atoms with Gasteiger partial charge in [-0.15, -0.1) is 0 Å². The number of ketones is 1. The standard InChI is InChI=1S/C15H10F4O/c1-8-5-10(13(18)7-12(8)17)14(20)6-9-3-2-4-11(16)15(9)19/h2-5,7H,6H2,1H3. The van der Waals surface area contributed by atoms with Crippen LogP contribution in [0.1, 0.15) is 21.5 Å². The van der Waals surface area contributed by atoms with Crippen molar-refractivity contribution in [3.8, 4) is 0 Å². The third-order valence-electron chi connectivity index (χ3n) is 2.93. The van der Waals surface area contributed by atoms with Crippen molar-refractivity contribution in [1.82, 2.24) is 0 Å². The van der Waals surface area contributed by atoms with Gasteiger partial charge in [-0.1, -0.05) is 12.1 Å². The van der Waals surface area contributed by atoms with Gasteiger partial charge in [0.15, 0.2) is 17.4 Å². The van der Waals surface area contributed by atoms with E-state index in [0.717, 1.165) is 12.1 Å². The summed E-state index contributed by atoms with van der Waals surface area (Å²) in [6.45, 7) is 1.38. The highest BCUT2D eigenvalue weighted by atomic mass is 19.2. The van der Waals surface area contributed by atoms with Crippen molar-refractivity contribution in [2.75, 3.05) is 0 Å². The third-order valence-corrected chi connectivity index (χ3v) is 2.93. The Morgan fingerprint density at radius 3 is 2.40 bits per heavy atom. The first kappa shape index (κ1) is 14.2. The Morgan fingerprint density at radius 1 is 1.00 bits per heavy atom. The zero-order valence-electron chi connectivity index (χ0n) is 10.5. The molecular formula is C15H10F4O. The van der Waals surface area contributed by atoms with Crippen LogP contribution in [-0.4, -0.2) is 5.78 Å². The molecule has 104 valence electrons. The maximum atomic E-state index is 13.5. The quantitative estimate of drug-likeness (QED) is 0.615. The van der Waals surface area contributed by atoms with Gasteiger partial charge in [-0.2, -0.15) is 0 Å². The number of hydrogen-bond acceptors (Lipinski definition) is 1. The Kier molecular flexibility index (Phi) is 3.88. The molecular weight excluding hydrogens is 272 g/mol. The zero-order chi connectivity index (χ0) is 14.9. The molecule has 1 nitrogen and oxygen atoms in total. The van der Waals surface area contributed by atoms with Crippen LogP contribution in [0.2, 0.25) is 0 Å². The van der Waals surface area contributed by atoms with Crippen LogP contribution >= 0.6 is 0 Å². The number of rotatable bonds is 3. The number of benzene rings is 2. The Labute approximate surface area is 112 Å². The Bertz CT molecular complexity index is 680. The lowest BCUT2D eigenvalue weighted by molar-refractivity contribution is 0.0987. The summed E-state index contributed by atoms with van der Waals surface area (Å²) in [5.41, 5.74) is -0.404. The van der Waals surface area contributed by atoms with Gasteiger partial charge in [0, 0.05) is 12.5 Å². The van der Waals surface area contributed by atoms with Crippen molar-refractivity contribution in [3.05, 3.63) is 70.3 Å². The molecule has 2 aromatic carbocycles. The number of Topliss-reactive ketones (excluding diaryl/α,β-unsaturated/α-hetero) is 1. The van der Waals surface area contributed by atoms with Gasteiger partial charge in [0.25, 0.3) is 0 Å². The minimum Gasteiger partial charge on any atom is -0.294 e. The van der Waals surface area contributed by atoms with E-state index in [-0.39, 0.29) is 16.7 Å². The molecule has 0 aliphatic rings. The molecule has 0 bridgehead atoms. The van der Waals surface area contributed by atoms with Crippen molar-refractivity contribution in [3.63, 3.8) is 0 Å². The number of carbonyl (C=O) groups excluding carboxylic acids is 1. The second kappa shape index (κ2) is 5.45. The molecule has 0 aliphatic carbocycles. The monoisotopic (exact) mass is 282 g/mol. The maximum Gasteiger partial charge on any atom is 0.170 e. The molecule has 0 saturated carbocycles. The second-order valence-electron chi connectivity index (χ2n) is 4.39. The first-order valence-corrected chi connectivity index (χ1v) is 5.82. The molecule has 0 radical (unpaired) electrons. The summed E-state index contributed by atoms with van der Waals surface area (Å²) < 4.78 is 53.1. The summed E-state index contributed by atoms with van der Waals surface area (Å²) in [5, 5.41) is 0. The summed E-state index contributed by atoms with van der Waals surface area (Å²) in [6.07, 6.45) is -0.494. The summed E-state index contributed by atoms with van der Waals surface area (Å²) in [5.74, 6) is -4.74. The molecule has 2 rings (SSSR count). The minimum atomic E-state index is -1.14. The number of halogens is 4. The Morgan fingerprint density at radius 2 is 1.70 bits per heavy atom. The normalized spacial score (nSPS) is 10.7. The van der Waals surface area contributed by atoms with E-state index in [2.05, 4.69) is 0 Å². The van der Waals surface area contributed by atoms with Crippen LogP contribution in [0, 0.1) is 30.2 Å². The van der Waals surface area contributed by atoms with Gasteiger partial charge in [0.2, 0.25) is 0 Å². The first-order valence-electron chi connectivity index (χ1n) is 5.82. The fourth-order valence-corrected chi connectivity index (χ4v) is 1.82. The largest absolute Gasteiger partial charge is 0.294 e. The average Bonchev–Trinajstić information content (AvgIpc) is 2.39. The van der Waals surface area contributed by atoms with Crippen LogP contribution in [-0.2, 0) is 6.42 Å². The summed E-state index contributed by atoms with van der Waals surface area (Å²) in [7, 11) is 0. The van der Waals surface area contributed by atoms with Gasteiger partial charge in [-0.3, -0.25) is 4.79 Å². The fourth-order valence-electron chi connectivity index (χ4n) is 1.82. The molecule has 0 atom stereocenters. The van der Waals surface area contributed by atoms with E-state index in [1.807, 2.05) is 0 Å². The van der Waals surface area contributed by atoms with Crippen LogP contribution in [0.4, 0.5) is 17.6 Å². The van der Waals surface area contributed by atoms with E-state index in [1.165, 1.54) is 19.1 Å². The SMILES string of the molecule is Cc1cc(C(=O)Cc2cccc(F)c2F)c(F)cc1F. The fraction of sp³-hybridized carbons (Fsp3) is 0.133. The predicted octanol–water partition coefficient (Wildman–Crippen LogP) is 3.98. The molecule has 0 amide bonds. The van der Waals surface area contributed by atoms with E-state index in [1.54, 1.807) is 0 Å². The van der Waals surface area contributed by atoms with E-state index < -0.39 is 35.5 Å². The Balaban J connectivity index is 2.33. The van der Waals surface area contributed by atoms with Crippen LogP contribution in [0.15, 0.2) is 30.3 Å². The number of hydrogen-bond donors (Lipinski definition) is 0. The van der Waals surface area contributed by atoms with Gasteiger partial charge in [0.05, 0.1) is 5.56 Å². The predicted molar refractivity (Wildman–Crippen MR) is 65.5 cm³/mol.